The molecule has 0 bridgehead atoms. The minimum Gasteiger partial charge on any atom is -0.312 e. The molecule has 2 saturated heterocycles. The van der Waals surface area contributed by atoms with E-state index in [0.717, 1.165) is 13.1 Å². The summed E-state index contributed by atoms with van der Waals surface area (Å²) in [6.45, 7) is 4.48. The lowest BCUT2D eigenvalue weighted by atomic mass is 10.0. The van der Waals surface area contributed by atoms with Gasteiger partial charge in [0.2, 0.25) is 0 Å². The largest absolute Gasteiger partial charge is 0.312 e. The van der Waals surface area contributed by atoms with Crippen molar-refractivity contribution in [2.75, 3.05) is 13.1 Å². The van der Waals surface area contributed by atoms with Crippen molar-refractivity contribution < 1.29 is 4.92 Å². The van der Waals surface area contributed by atoms with Crippen molar-refractivity contribution in [3.05, 3.63) is 39.9 Å². The average molecular weight is 289 g/mol. The molecule has 114 valence electrons. The van der Waals surface area contributed by atoms with Gasteiger partial charge in [-0.2, -0.15) is 0 Å². The Hall–Kier alpha value is -1.46. The van der Waals surface area contributed by atoms with Gasteiger partial charge in [0.25, 0.3) is 5.69 Å². The average Bonchev–Trinajstić information content (AvgIpc) is 3.17. The topological polar surface area (TPSA) is 58.4 Å². The number of likely N-dealkylation sites (tertiary alicyclic amines) is 1. The van der Waals surface area contributed by atoms with E-state index in [2.05, 4.69) is 17.1 Å². The molecular formula is C16H23N3O2. The van der Waals surface area contributed by atoms with Crippen LogP contribution < -0.4 is 5.32 Å². The molecule has 5 nitrogen and oxygen atoms in total. The molecule has 2 fully saturated rings. The first kappa shape index (κ1) is 14.5. The first-order chi connectivity index (χ1) is 10.2. The van der Waals surface area contributed by atoms with Crippen molar-refractivity contribution in [1.82, 2.24) is 10.2 Å². The number of nitrogens with one attached hydrogen (secondary N) is 1. The SMILES string of the molecule is CC(c1ccc([N+](=O)[O-])cc1)N1CCCC1C1CCCN1. The molecule has 0 radical (unpaired) electrons. The summed E-state index contributed by atoms with van der Waals surface area (Å²) in [5.74, 6) is 0. The number of nitro groups is 1. The first-order valence-electron chi connectivity index (χ1n) is 7.90. The molecule has 0 spiro atoms. The first-order valence-corrected chi connectivity index (χ1v) is 7.90. The molecule has 2 aliphatic rings. The molecule has 3 rings (SSSR count). The van der Waals surface area contributed by atoms with E-state index in [0.29, 0.717) is 18.1 Å². The Morgan fingerprint density at radius 1 is 1.29 bits per heavy atom. The van der Waals surface area contributed by atoms with Gasteiger partial charge in [0.1, 0.15) is 0 Å². The number of hydrogen-bond donors (Lipinski definition) is 1. The summed E-state index contributed by atoms with van der Waals surface area (Å²) >= 11 is 0. The molecule has 1 N–H and O–H groups in total. The van der Waals surface area contributed by atoms with Crippen LogP contribution in [0.4, 0.5) is 5.69 Å². The maximum Gasteiger partial charge on any atom is 0.269 e. The van der Waals surface area contributed by atoms with E-state index in [4.69, 9.17) is 0 Å². The van der Waals surface area contributed by atoms with Crippen molar-refractivity contribution in [2.45, 2.75) is 50.7 Å². The van der Waals surface area contributed by atoms with Crippen molar-refractivity contribution in [1.29, 1.82) is 0 Å². The van der Waals surface area contributed by atoms with Crippen molar-refractivity contribution in [3.63, 3.8) is 0 Å². The molecule has 0 aliphatic carbocycles. The molecule has 0 amide bonds. The van der Waals surface area contributed by atoms with Crippen LogP contribution in [0.5, 0.6) is 0 Å². The lowest BCUT2D eigenvalue weighted by Gasteiger charge is -2.34. The van der Waals surface area contributed by atoms with Crippen LogP contribution in [0.15, 0.2) is 24.3 Å². The third-order valence-corrected chi connectivity index (χ3v) is 4.99. The van der Waals surface area contributed by atoms with Gasteiger partial charge < -0.3 is 5.32 Å². The summed E-state index contributed by atoms with van der Waals surface area (Å²) in [6, 6.07) is 8.59. The highest BCUT2D eigenvalue weighted by molar-refractivity contribution is 5.34. The van der Waals surface area contributed by atoms with E-state index < -0.39 is 0 Å². The molecule has 3 atom stereocenters. The zero-order chi connectivity index (χ0) is 14.8. The standard InChI is InChI=1S/C16H23N3O2/c1-12(13-6-8-14(9-7-13)19(20)21)18-11-3-5-16(18)15-4-2-10-17-15/h6-9,12,15-17H,2-5,10-11H2,1H3. The quantitative estimate of drug-likeness (QED) is 0.684. The molecule has 1 aromatic carbocycles. The Kier molecular flexibility index (Phi) is 4.22. The summed E-state index contributed by atoms with van der Waals surface area (Å²) in [5, 5.41) is 14.4. The van der Waals surface area contributed by atoms with Crippen LogP contribution in [-0.2, 0) is 0 Å². The summed E-state index contributed by atoms with van der Waals surface area (Å²) in [4.78, 5) is 13.0. The Balaban J connectivity index is 1.73. The highest BCUT2D eigenvalue weighted by Crippen LogP contribution is 2.33. The minimum atomic E-state index is -0.338. The Bertz CT molecular complexity index is 497. The summed E-state index contributed by atoms with van der Waals surface area (Å²) < 4.78 is 0. The fourth-order valence-corrected chi connectivity index (χ4v) is 3.83. The van der Waals surface area contributed by atoms with E-state index in [1.807, 2.05) is 12.1 Å². The Morgan fingerprint density at radius 2 is 2.05 bits per heavy atom. The number of rotatable bonds is 4. The van der Waals surface area contributed by atoms with Crippen LogP contribution in [-0.4, -0.2) is 35.0 Å². The highest BCUT2D eigenvalue weighted by Gasteiger charge is 2.35. The molecule has 5 heteroatoms. The van der Waals surface area contributed by atoms with E-state index in [-0.39, 0.29) is 10.6 Å². The lowest BCUT2D eigenvalue weighted by molar-refractivity contribution is -0.384. The normalized spacial score (nSPS) is 27.9. The molecule has 2 aliphatic heterocycles. The maximum absolute atomic E-state index is 10.8. The molecule has 2 heterocycles. The van der Waals surface area contributed by atoms with Gasteiger partial charge in [-0.3, -0.25) is 15.0 Å². The second kappa shape index (κ2) is 6.12. The Morgan fingerprint density at radius 3 is 2.67 bits per heavy atom. The molecule has 1 aromatic rings. The summed E-state index contributed by atoms with van der Waals surface area (Å²) in [5.41, 5.74) is 1.34. The predicted octanol–water partition coefficient (Wildman–Crippen LogP) is 2.87. The smallest absolute Gasteiger partial charge is 0.269 e. The van der Waals surface area contributed by atoms with Gasteiger partial charge >= 0.3 is 0 Å². The number of nitrogens with zero attached hydrogens (tertiary/aromatic N) is 2. The fourth-order valence-electron chi connectivity index (χ4n) is 3.83. The van der Waals surface area contributed by atoms with Gasteiger partial charge in [0.15, 0.2) is 0 Å². The third-order valence-electron chi connectivity index (χ3n) is 4.99. The third kappa shape index (κ3) is 2.94. The zero-order valence-electron chi connectivity index (χ0n) is 12.5. The van der Waals surface area contributed by atoms with Gasteiger partial charge in [-0.1, -0.05) is 12.1 Å². The predicted molar refractivity (Wildman–Crippen MR) is 82.3 cm³/mol. The second-order valence-corrected chi connectivity index (χ2v) is 6.17. The highest BCUT2D eigenvalue weighted by atomic mass is 16.6. The second-order valence-electron chi connectivity index (χ2n) is 6.17. The van der Waals surface area contributed by atoms with Gasteiger partial charge in [-0.25, -0.2) is 0 Å². The molecule has 0 saturated carbocycles. The van der Waals surface area contributed by atoms with Crippen LogP contribution in [0.25, 0.3) is 0 Å². The number of benzene rings is 1. The van der Waals surface area contributed by atoms with E-state index >= 15 is 0 Å². The van der Waals surface area contributed by atoms with Crippen LogP contribution in [0.1, 0.15) is 44.2 Å². The minimum absolute atomic E-state index is 0.168. The van der Waals surface area contributed by atoms with Crippen molar-refractivity contribution >= 4 is 5.69 Å². The van der Waals surface area contributed by atoms with Gasteiger partial charge in [-0.15, -0.1) is 0 Å². The zero-order valence-corrected chi connectivity index (χ0v) is 12.5. The molecular weight excluding hydrogens is 266 g/mol. The monoisotopic (exact) mass is 289 g/mol. The van der Waals surface area contributed by atoms with Crippen LogP contribution in [0.3, 0.4) is 0 Å². The lowest BCUT2D eigenvalue weighted by Crippen LogP contribution is -2.44. The van der Waals surface area contributed by atoms with Crippen LogP contribution in [0.2, 0.25) is 0 Å². The summed E-state index contributed by atoms with van der Waals surface area (Å²) in [6.07, 6.45) is 5.06. The summed E-state index contributed by atoms with van der Waals surface area (Å²) in [7, 11) is 0. The van der Waals surface area contributed by atoms with Crippen molar-refractivity contribution in [2.24, 2.45) is 0 Å². The van der Waals surface area contributed by atoms with E-state index in [9.17, 15) is 10.1 Å². The van der Waals surface area contributed by atoms with Gasteiger partial charge in [0.05, 0.1) is 4.92 Å². The maximum atomic E-state index is 10.8. The van der Waals surface area contributed by atoms with Crippen LogP contribution >= 0.6 is 0 Å². The fraction of sp³-hybridized carbons (Fsp3) is 0.625. The molecule has 0 aromatic heterocycles. The van der Waals surface area contributed by atoms with Crippen molar-refractivity contribution in [3.8, 4) is 0 Å². The molecule has 3 unspecified atom stereocenters. The number of nitro benzene ring substituents is 1. The molecule has 21 heavy (non-hydrogen) atoms. The number of non-ortho nitro benzene ring substituents is 1. The van der Waals surface area contributed by atoms with Gasteiger partial charge in [0, 0.05) is 30.3 Å². The van der Waals surface area contributed by atoms with Gasteiger partial charge in [-0.05, 0) is 51.3 Å². The van der Waals surface area contributed by atoms with Crippen LogP contribution in [0, 0.1) is 10.1 Å². The van der Waals surface area contributed by atoms with E-state index in [1.165, 1.54) is 31.2 Å². The Labute approximate surface area is 125 Å². The number of hydrogen-bond acceptors (Lipinski definition) is 4. The van der Waals surface area contributed by atoms with E-state index in [1.54, 1.807) is 12.1 Å².